The fourth-order valence-electron chi connectivity index (χ4n) is 1.27. The third-order valence-corrected chi connectivity index (χ3v) is 2.62. The van der Waals surface area contributed by atoms with Gasteiger partial charge in [0.25, 0.3) is 0 Å². The van der Waals surface area contributed by atoms with Crippen LogP contribution < -0.4 is 0 Å². The lowest BCUT2D eigenvalue weighted by atomic mass is 10.2. The van der Waals surface area contributed by atoms with E-state index in [1.165, 1.54) is 0 Å². The molecule has 0 fully saturated rings. The summed E-state index contributed by atoms with van der Waals surface area (Å²) in [7, 11) is 0. The summed E-state index contributed by atoms with van der Waals surface area (Å²) >= 11 is 4.20. The molecule has 0 bridgehead atoms. The molecule has 0 radical (unpaired) electrons. The van der Waals surface area contributed by atoms with Gasteiger partial charge in [-0.1, -0.05) is 25.5 Å². The van der Waals surface area contributed by atoms with Crippen LogP contribution in [0.1, 0.15) is 30.1 Å². The molecule has 4 heteroatoms. The van der Waals surface area contributed by atoms with Crippen LogP contribution in [0.3, 0.4) is 0 Å². The number of hydrogen-bond donors (Lipinski definition) is 1. The van der Waals surface area contributed by atoms with Crippen molar-refractivity contribution in [3.05, 3.63) is 29.8 Å². The second-order valence-electron chi connectivity index (χ2n) is 3.62. The molecule has 3 nitrogen and oxygen atoms in total. The van der Waals surface area contributed by atoms with E-state index in [9.17, 15) is 4.79 Å². The van der Waals surface area contributed by atoms with Gasteiger partial charge in [0.2, 0.25) is 0 Å². The van der Waals surface area contributed by atoms with Crippen LogP contribution in [0.4, 0.5) is 0 Å². The van der Waals surface area contributed by atoms with Crippen molar-refractivity contribution in [1.82, 2.24) is 0 Å². The summed E-state index contributed by atoms with van der Waals surface area (Å²) in [4.78, 5) is 12.3. The van der Waals surface area contributed by atoms with Gasteiger partial charge in [0.05, 0.1) is 12.2 Å². The highest BCUT2D eigenvalue weighted by Gasteiger charge is 2.09. The van der Waals surface area contributed by atoms with Gasteiger partial charge in [0.15, 0.2) is 0 Å². The molecule has 0 heterocycles. The Balaban J connectivity index is 2.24. The summed E-state index contributed by atoms with van der Waals surface area (Å²) in [6.07, 6.45) is 2.14. The summed E-state index contributed by atoms with van der Waals surface area (Å²) in [6, 6.07) is 7.07. The van der Waals surface area contributed by atoms with E-state index in [1.54, 1.807) is 18.2 Å². The fourth-order valence-corrected chi connectivity index (χ4v) is 1.52. The molecule has 1 rings (SSSR count). The second kappa shape index (κ2) is 8.14. The van der Waals surface area contributed by atoms with E-state index >= 15 is 0 Å². The number of hydrogen-bond acceptors (Lipinski definition) is 4. The highest BCUT2D eigenvalue weighted by atomic mass is 32.1. The Morgan fingerprint density at radius 2 is 2.00 bits per heavy atom. The van der Waals surface area contributed by atoms with Crippen molar-refractivity contribution in [2.75, 3.05) is 19.8 Å². The van der Waals surface area contributed by atoms with Gasteiger partial charge in [-0.3, -0.25) is 0 Å². The van der Waals surface area contributed by atoms with Crippen LogP contribution in [0.15, 0.2) is 29.2 Å². The molecule has 0 aliphatic heterocycles. The minimum absolute atomic E-state index is 0.282. The van der Waals surface area contributed by atoms with Crippen molar-refractivity contribution in [1.29, 1.82) is 0 Å². The van der Waals surface area contributed by atoms with Gasteiger partial charge in [-0.2, -0.15) is 0 Å². The Kier molecular flexibility index (Phi) is 6.74. The van der Waals surface area contributed by atoms with Crippen molar-refractivity contribution in [3.63, 3.8) is 0 Å². The Morgan fingerprint density at radius 1 is 1.24 bits per heavy atom. The predicted octanol–water partition coefficient (Wildman–Crippen LogP) is 2.95. The monoisotopic (exact) mass is 254 g/mol. The van der Waals surface area contributed by atoms with Gasteiger partial charge < -0.3 is 9.47 Å². The number of esters is 1. The summed E-state index contributed by atoms with van der Waals surface area (Å²) in [5.41, 5.74) is 0.490. The topological polar surface area (TPSA) is 35.5 Å². The van der Waals surface area contributed by atoms with Crippen LogP contribution >= 0.6 is 12.6 Å². The minimum Gasteiger partial charge on any atom is -0.460 e. The van der Waals surface area contributed by atoms with E-state index in [1.807, 2.05) is 6.07 Å². The fraction of sp³-hybridized carbons (Fsp3) is 0.462. The molecule has 0 amide bonds. The summed E-state index contributed by atoms with van der Waals surface area (Å²) < 4.78 is 10.4. The van der Waals surface area contributed by atoms with Gasteiger partial charge in [-0.25, -0.2) is 4.79 Å². The average Bonchev–Trinajstić information content (AvgIpc) is 2.34. The Bertz CT molecular complexity index is 352. The normalized spacial score (nSPS) is 10.2. The number of rotatable bonds is 7. The third kappa shape index (κ3) is 5.24. The molecular formula is C13H18O3S. The first-order chi connectivity index (χ1) is 8.25. The summed E-state index contributed by atoms with van der Waals surface area (Å²) in [6.45, 7) is 3.55. The molecule has 0 spiro atoms. The lowest BCUT2D eigenvalue weighted by molar-refractivity contribution is 0.0310. The molecule has 1 aromatic carbocycles. The van der Waals surface area contributed by atoms with Crippen molar-refractivity contribution in [3.8, 4) is 0 Å². The van der Waals surface area contributed by atoms with Gasteiger partial charge >= 0.3 is 5.97 Å². The zero-order valence-corrected chi connectivity index (χ0v) is 10.9. The Labute approximate surface area is 108 Å². The lowest BCUT2D eigenvalue weighted by Gasteiger charge is -2.07. The van der Waals surface area contributed by atoms with Gasteiger partial charge in [-0.15, -0.1) is 12.6 Å². The average molecular weight is 254 g/mol. The van der Waals surface area contributed by atoms with E-state index in [4.69, 9.17) is 9.47 Å². The Hall–Kier alpha value is -1.00. The molecule has 0 aliphatic carbocycles. The summed E-state index contributed by atoms with van der Waals surface area (Å²) in [5, 5.41) is 0. The molecule has 0 aromatic heterocycles. The van der Waals surface area contributed by atoms with Crippen molar-refractivity contribution < 1.29 is 14.3 Å². The number of carbonyl (C=O) groups is 1. The van der Waals surface area contributed by atoms with E-state index in [2.05, 4.69) is 19.6 Å². The molecule has 0 saturated heterocycles. The zero-order chi connectivity index (χ0) is 12.5. The first-order valence-electron chi connectivity index (χ1n) is 5.78. The van der Waals surface area contributed by atoms with Crippen molar-refractivity contribution in [2.45, 2.75) is 24.7 Å². The minimum atomic E-state index is -0.352. The van der Waals surface area contributed by atoms with Crippen LogP contribution in [-0.4, -0.2) is 25.8 Å². The number of benzene rings is 1. The van der Waals surface area contributed by atoms with E-state index < -0.39 is 0 Å². The maximum absolute atomic E-state index is 11.6. The SMILES string of the molecule is CCCCOCCOC(=O)c1ccccc1S. The zero-order valence-electron chi connectivity index (χ0n) is 10.0. The number of thiol groups is 1. The largest absolute Gasteiger partial charge is 0.460 e. The molecular weight excluding hydrogens is 236 g/mol. The molecule has 1 aromatic rings. The van der Waals surface area contributed by atoms with Crippen LogP contribution in [0.25, 0.3) is 0 Å². The summed E-state index contributed by atoms with van der Waals surface area (Å²) in [5.74, 6) is -0.352. The number of carbonyl (C=O) groups excluding carboxylic acids is 1. The molecule has 0 atom stereocenters. The molecule has 94 valence electrons. The quantitative estimate of drug-likeness (QED) is 0.461. The first-order valence-corrected chi connectivity index (χ1v) is 6.23. The number of unbranched alkanes of at least 4 members (excludes halogenated alkanes) is 1. The molecule has 17 heavy (non-hydrogen) atoms. The van der Waals surface area contributed by atoms with Crippen molar-refractivity contribution >= 4 is 18.6 Å². The van der Waals surface area contributed by atoms with Crippen molar-refractivity contribution in [2.24, 2.45) is 0 Å². The highest BCUT2D eigenvalue weighted by Crippen LogP contribution is 2.13. The standard InChI is InChI=1S/C13H18O3S/c1-2-3-8-15-9-10-16-13(14)11-6-4-5-7-12(11)17/h4-7,17H,2-3,8-10H2,1H3. The number of ether oxygens (including phenoxy) is 2. The molecule has 0 saturated carbocycles. The molecule has 0 aliphatic rings. The Morgan fingerprint density at radius 3 is 2.71 bits per heavy atom. The van der Waals surface area contributed by atoms with Crippen LogP contribution in [0.2, 0.25) is 0 Å². The first kappa shape index (κ1) is 14.1. The van der Waals surface area contributed by atoms with E-state index in [0.29, 0.717) is 17.1 Å². The lowest BCUT2D eigenvalue weighted by Crippen LogP contribution is -2.11. The van der Waals surface area contributed by atoms with Gasteiger partial charge in [0.1, 0.15) is 6.61 Å². The van der Waals surface area contributed by atoms with E-state index in [0.717, 1.165) is 19.4 Å². The van der Waals surface area contributed by atoms with Gasteiger partial charge in [0, 0.05) is 11.5 Å². The maximum Gasteiger partial charge on any atom is 0.339 e. The highest BCUT2D eigenvalue weighted by molar-refractivity contribution is 7.80. The maximum atomic E-state index is 11.6. The van der Waals surface area contributed by atoms with Gasteiger partial charge in [-0.05, 0) is 18.6 Å². The third-order valence-electron chi connectivity index (χ3n) is 2.23. The molecule has 0 unspecified atom stereocenters. The molecule has 0 N–H and O–H groups in total. The van der Waals surface area contributed by atoms with Crippen LogP contribution in [0, 0.1) is 0 Å². The van der Waals surface area contributed by atoms with Crippen LogP contribution in [0.5, 0.6) is 0 Å². The predicted molar refractivity (Wildman–Crippen MR) is 69.7 cm³/mol. The smallest absolute Gasteiger partial charge is 0.339 e. The second-order valence-corrected chi connectivity index (χ2v) is 4.10. The van der Waals surface area contributed by atoms with Crippen LogP contribution in [-0.2, 0) is 9.47 Å². The van der Waals surface area contributed by atoms with E-state index in [-0.39, 0.29) is 12.6 Å².